The first-order valence-electron chi connectivity index (χ1n) is 9.53. The number of halogens is 2. The van der Waals surface area contributed by atoms with Gasteiger partial charge in [0.15, 0.2) is 12.4 Å². The lowest BCUT2D eigenvalue weighted by Gasteiger charge is -2.15. The molecule has 0 saturated carbocycles. The highest BCUT2D eigenvalue weighted by molar-refractivity contribution is 8.01. The third-order valence-corrected chi connectivity index (χ3v) is 6.82. The first-order chi connectivity index (χ1) is 15.3. The number of carbonyl (C=O) groups is 4. The Morgan fingerprint density at radius 2 is 1.91 bits per heavy atom. The second-order valence-electron chi connectivity index (χ2n) is 7.03. The fourth-order valence-electron chi connectivity index (χ4n) is 3.29. The van der Waals surface area contributed by atoms with E-state index in [4.69, 9.17) is 27.9 Å². The number of hydrogen-bond acceptors (Lipinski definition) is 6. The van der Waals surface area contributed by atoms with E-state index in [2.05, 4.69) is 4.98 Å². The summed E-state index contributed by atoms with van der Waals surface area (Å²) in [6, 6.07) is 11.5. The van der Waals surface area contributed by atoms with Crippen LogP contribution in [0.1, 0.15) is 16.8 Å². The van der Waals surface area contributed by atoms with E-state index in [1.165, 1.54) is 18.2 Å². The number of ketones is 1. The Morgan fingerprint density at radius 1 is 1.09 bits per heavy atom. The molecule has 1 fully saturated rings. The zero-order chi connectivity index (χ0) is 22.8. The van der Waals surface area contributed by atoms with Crippen molar-refractivity contribution in [2.24, 2.45) is 0 Å². The Morgan fingerprint density at radius 3 is 2.69 bits per heavy atom. The van der Waals surface area contributed by atoms with Gasteiger partial charge in [-0.05, 0) is 41.8 Å². The number of rotatable bonds is 7. The Kier molecular flexibility index (Phi) is 6.55. The van der Waals surface area contributed by atoms with Crippen LogP contribution in [0.15, 0.2) is 48.7 Å². The van der Waals surface area contributed by atoms with Crippen LogP contribution in [-0.2, 0) is 19.1 Å². The molecule has 1 N–H and O–H groups in total. The molecule has 1 saturated heterocycles. The Balaban J connectivity index is 1.31. The maximum Gasteiger partial charge on any atom is 0.316 e. The van der Waals surface area contributed by atoms with Gasteiger partial charge in [-0.3, -0.25) is 19.2 Å². The Bertz CT molecular complexity index is 1240. The molecular formula is C22H16Cl2N2O5S. The highest BCUT2D eigenvalue weighted by Crippen LogP contribution is 2.31. The molecule has 1 aromatic heterocycles. The zero-order valence-electron chi connectivity index (χ0n) is 16.5. The van der Waals surface area contributed by atoms with Crippen LogP contribution in [0, 0.1) is 0 Å². The van der Waals surface area contributed by atoms with Crippen LogP contribution in [0.3, 0.4) is 0 Å². The summed E-state index contributed by atoms with van der Waals surface area (Å²) in [6.07, 6.45) is 1.76. The minimum absolute atomic E-state index is 0.0122. The van der Waals surface area contributed by atoms with Gasteiger partial charge in [-0.25, -0.2) is 4.90 Å². The first-order valence-corrected chi connectivity index (χ1v) is 11.3. The van der Waals surface area contributed by atoms with Crippen molar-refractivity contribution in [3.05, 3.63) is 64.3 Å². The summed E-state index contributed by atoms with van der Waals surface area (Å²) in [5, 5.41) is 0.815. The SMILES string of the molecule is O=C(CSC1CC(=O)N(c2ccc3cc[nH]c3c2)C1=O)OCC(=O)c1ccc(Cl)c(Cl)c1. The van der Waals surface area contributed by atoms with E-state index in [1.807, 2.05) is 12.1 Å². The van der Waals surface area contributed by atoms with Crippen LogP contribution in [0.4, 0.5) is 5.69 Å². The molecule has 2 aromatic carbocycles. The number of Topliss-reactive ketones (excluding diaryl/α,β-unsaturated/α-hetero) is 1. The highest BCUT2D eigenvalue weighted by Gasteiger charge is 2.40. The molecule has 1 aliphatic rings. The molecule has 1 atom stereocenters. The molecule has 2 heterocycles. The lowest BCUT2D eigenvalue weighted by molar-refractivity contribution is -0.139. The van der Waals surface area contributed by atoms with E-state index in [0.29, 0.717) is 10.7 Å². The third-order valence-electron chi connectivity index (χ3n) is 4.91. The van der Waals surface area contributed by atoms with Gasteiger partial charge in [-0.1, -0.05) is 29.3 Å². The van der Waals surface area contributed by atoms with Gasteiger partial charge in [0.2, 0.25) is 11.8 Å². The molecule has 2 amide bonds. The fraction of sp³-hybridized carbons (Fsp3) is 0.182. The topological polar surface area (TPSA) is 96.5 Å². The lowest BCUT2D eigenvalue weighted by atomic mass is 10.1. The van der Waals surface area contributed by atoms with E-state index >= 15 is 0 Å². The molecule has 0 aliphatic carbocycles. The van der Waals surface area contributed by atoms with Crippen molar-refractivity contribution in [1.82, 2.24) is 4.98 Å². The van der Waals surface area contributed by atoms with Gasteiger partial charge >= 0.3 is 5.97 Å². The van der Waals surface area contributed by atoms with Crippen LogP contribution < -0.4 is 4.90 Å². The van der Waals surface area contributed by atoms with Crippen LogP contribution in [-0.4, -0.2) is 46.2 Å². The average Bonchev–Trinajstić information content (AvgIpc) is 3.35. The molecule has 1 aliphatic heterocycles. The number of hydrogen-bond donors (Lipinski definition) is 1. The Labute approximate surface area is 197 Å². The number of anilines is 1. The maximum atomic E-state index is 12.8. The maximum absolute atomic E-state index is 12.8. The van der Waals surface area contributed by atoms with Gasteiger partial charge in [0.05, 0.1) is 26.7 Å². The summed E-state index contributed by atoms with van der Waals surface area (Å²) in [7, 11) is 0. The monoisotopic (exact) mass is 490 g/mol. The number of imide groups is 1. The molecule has 4 rings (SSSR count). The summed E-state index contributed by atoms with van der Waals surface area (Å²) in [5.41, 5.74) is 1.56. The second kappa shape index (κ2) is 9.36. The number of amides is 2. The largest absolute Gasteiger partial charge is 0.457 e. The van der Waals surface area contributed by atoms with Crippen LogP contribution in [0.25, 0.3) is 10.9 Å². The van der Waals surface area contributed by atoms with Gasteiger partial charge in [0, 0.05) is 23.7 Å². The number of aromatic nitrogens is 1. The Hall–Kier alpha value is -2.81. The van der Waals surface area contributed by atoms with Crippen molar-refractivity contribution in [3.63, 3.8) is 0 Å². The summed E-state index contributed by atoms with van der Waals surface area (Å²) < 4.78 is 5.00. The number of aromatic amines is 1. The molecule has 7 nitrogen and oxygen atoms in total. The zero-order valence-corrected chi connectivity index (χ0v) is 18.8. The molecular weight excluding hydrogens is 475 g/mol. The van der Waals surface area contributed by atoms with E-state index in [0.717, 1.165) is 27.6 Å². The van der Waals surface area contributed by atoms with Crippen molar-refractivity contribution >= 4 is 75.1 Å². The fourth-order valence-corrected chi connectivity index (χ4v) is 4.52. The van der Waals surface area contributed by atoms with Crippen LogP contribution >= 0.6 is 35.0 Å². The molecule has 0 radical (unpaired) electrons. The van der Waals surface area contributed by atoms with Gasteiger partial charge in [0.1, 0.15) is 0 Å². The number of H-pyrrole nitrogens is 1. The number of esters is 1. The number of fused-ring (bicyclic) bond motifs is 1. The van der Waals surface area contributed by atoms with Crippen LogP contribution in [0.5, 0.6) is 0 Å². The summed E-state index contributed by atoms with van der Waals surface area (Å²) >= 11 is 12.7. The number of thioether (sulfide) groups is 1. The average molecular weight is 491 g/mol. The third kappa shape index (κ3) is 4.67. The number of carbonyl (C=O) groups excluding carboxylic acids is 4. The number of ether oxygens (including phenoxy) is 1. The molecule has 10 heteroatoms. The standard InChI is InChI=1S/C22H16Cl2N2O5S/c23-15-4-2-13(7-16(15)24)18(27)10-31-21(29)11-32-19-9-20(28)26(22(19)30)14-3-1-12-5-6-25-17(12)8-14/h1-8,19,25H,9-11H2. The molecule has 164 valence electrons. The number of nitrogens with one attached hydrogen (secondary N) is 1. The number of nitrogens with zero attached hydrogens (tertiary/aromatic N) is 1. The number of benzene rings is 2. The lowest BCUT2D eigenvalue weighted by Crippen LogP contribution is -2.31. The van der Waals surface area contributed by atoms with E-state index in [1.54, 1.807) is 18.3 Å². The summed E-state index contributed by atoms with van der Waals surface area (Å²) in [4.78, 5) is 53.6. The minimum Gasteiger partial charge on any atom is -0.457 e. The molecule has 32 heavy (non-hydrogen) atoms. The normalized spacial score (nSPS) is 16.1. The first kappa shape index (κ1) is 22.4. The molecule has 0 spiro atoms. The van der Waals surface area contributed by atoms with Crippen LogP contribution in [0.2, 0.25) is 10.0 Å². The molecule has 3 aromatic rings. The van der Waals surface area contributed by atoms with Crippen molar-refractivity contribution in [2.75, 3.05) is 17.3 Å². The van der Waals surface area contributed by atoms with E-state index < -0.39 is 23.6 Å². The van der Waals surface area contributed by atoms with Crippen molar-refractivity contribution < 1.29 is 23.9 Å². The van der Waals surface area contributed by atoms with Crippen molar-refractivity contribution in [2.45, 2.75) is 11.7 Å². The highest BCUT2D eigenvalue weighted by atomic mass is 35.5. The van der Waals surface area contributed by atoms with Gasteiger partial charge in [-0.15, -0.1) is 11.8 Å². The minimum atomic E-state index is -0.694. The van der Waals surface area contributed by atoms with Gasteiger partial charge in [0.25, 0.3) is 0 Å². The van der Waals surface area contributed by atoms with E-state index in [-0.39, 0.29) is 34.6 Å². The molecule has 1 unspecified atom stereocenters. The smallest absolute Gasteiger partial charge is 0.316 e. The van der Waals surface area contributed by atoms with Gasteiger partial charge in [-0.2, -0.15) is 0 Å². The summed E-state index contributed by atoms with van der Waals surface area (Å²) in [5.74, 6) is -1.97. The van der Waals surface area contributed by atoms with E-state index in [9.17, 15) is 19.2 Å². The predicted octanol–water partition coefficient (Wildman–Crippen LogP) is 4.27. The summed E-state index contributed by atoms with van der Waals surface area (Å²) in [6.45, 7) is -0.461. The quantitative estimate of drug-likeness (QED) is 0.301. The predicted molar refractivity (Wildman–Crippen MR) is 123 cm³/mol. The molecule has 0 bridgehead atoms. The van der Waals surface area contributed by atoms with Crippen molar-refractivity contribution in [1.29, 1.82) is 0 Å². The second-order valence-corrected chi connectivity index (χ2v) is 9.04. The van der Waals surface area contributed by atoms with Gasteiger partial charge < -0.3 is 9.72 Å². The van der Waals surface area contributed by atoms with Crippen molar-refractivity contribution in [3.8, 4) is 0 Å².